The molecule has 0 saturated heterocycles. The Morgan fingerprint density at radius 2 is 1.80 bits per heavy atom. The molecule has 0 spiro atoms. The number of anilines is 1. The second-order valence-corrected chi connectivity index (χ2v) is 8.20. The van der Waals surface area contributed by atoms with Crippen LogP contribution in [0.4, 0.5) is 27.6 Å². The molecule has 0 saturated carbocycles. The third-order valence-corrected chi connectivity index (χ3v) is 5.80. The van der Waals surface area contributed by atoms with Crippen LogP contribution in [-0.2, 0) is 16.2 Å². The van der Waals surface area contributed by atoms with E-state index in [4.69, 9.17) is 11.6 Å². The van der Waals surface area contributed by atoms with Crippen LogP contribution in [0.25, 0.3) is 10.2 Å². The Kier molecular flexibility index (Phi) is 4.20. The number of alkyl halides is 3. The minimum Gasteiger partial charge on any atom is -0.352 e. The maximum Gasteiger partial charge on any atom is 0.419 e. The van der Waals surface area contributed by atoms with Crippen molar-refractivity contribution < 1.29 is 30.4 Å². The van der Waals surface area contributed by atoms with Gasteiger partial charge >= 0.3 is 6.18 Å². The minimum atomic E-state index is -5.11. The summed E-state index contributed by atoms with van der Waals surface area (Å²) in [5, 5.41) is 0.218. The Morgan fingerprint density at radius 1 is 1.12 bits per heavy atom. The quantitative estimate of drug-likeness (QED) is 0.591. The summed E-state index contributed by atoms with van der Waals surface area (Å²) in [5.74, 6) is -3.36. The first kappa shape index (κ1) is 18.0. The molecule has 0 fully saturated rings. The first-order valence-electron chi connectivity index (χ1n) is 6.34. The number of fused-ring (bicyclic) bond motifs is 1. The van der Waals surface area contributed by atoms with E-state index in [0.717, 1.165) is 17.5 Å². The monoisotopic (exact) mass is 416 g/mol. The summed E-state index contributed by atoms with van der Waals surface area (Å²) in [6, 6.07) is 1.39. The van der Waals surface area contributed by atoms with Crippen molar-refractivity contribution in [1.82, 2.24) is 4.98 Å². The number of halogens is 6. The fourth-order valence-electron chi connectivity index (χ4n) is 2.12. The van der Waals surface area contributed by atoms with E-state index in [0.29, 0.717) is 9.17 Å². The smallest absolute Gasteiger partial charge is 0.352 e. The maximum atomic E-state index is 13.8. The fraction of sp³-hybridized carbons (Fsp3) is 0.0769. The van der Waals surface area contributed by atoms with Crippen LogP contribution >= 0.6 is 22.9 Å². The number of hydrogen-bond acceptors (Lipinski definition) is 3. The lowest BCUT2D eigenvalue weighted by Crippen LogP contribution is -2.15. The van der Waals surface area contributed by atoms with Crippen molar-refractivity contribution in [3.8, 4) is 0 Å². The molecule has 0 unspecified atom stereocenters. The number of H-pyrrole nitrogens is 1. The van der Waals surface area contributed by atoms with Crippen LogP contribution in [0.2, 0.25) is 4.34 Å². The highest BCUT2D eigenvalue weighted by Crippen LogP contribution is 2.36. The summed E-state index contributed by atoms with van der Waals surface area (Å²) in [4.78, 5) is 2.79. The van der Waals surface area contributed by atoms with E-state index < -0.39 is 39.1 Å². The van der Waals surface area contributed by atoms with Crippen molar-refractivity contribution in [3.63, 3.8) is 0 Å². The van der Waals surface area contributed by atoms with E-state index in [9.17, 15) is 30.4 Å². The Morgan fingerprint density at radius 3 is 2.44 bits per heavy atom. The highest BCUT2D eigenvalue weighted by Gasteiger charge is 2.35. The number of aromatic amines is 1. The summed E-state index contributed by atoms with van der Waals surface area (Å²) in [6.07, 6.45) is -4.00. The molecule has 4 nitrogen and oxygen atoms in total. The fourth-order valence-corrected chi connectivity index (χ4v) is 4.52. The second-order valence-electron chi connectivity index (χ2n) is 4.86. The Balaban J connectivity index is 2.03. The molecule has 3 aromatic rings. The van der Waals surface area contributed by atoms with E-state index >= 15 is 0 Å². The van der Waals surface area contributed by atoms with Gasteiger partial charge in [-0.05, 0) is 12.1 Å². The van der Waals surface area contributed by atoms with Crippen molar-refractivity contribution in [2.45, 2.75) is 11.1 Å². The zero-order valence-corrected chi connectivity index (χ0v) is 14.1. The van der Waals surface area contributed by atoms with Gasteiger partial charge in [-0.3, -0.25) is 4.72 Å². The lowest BCUT2D eigenvalue weighted by atomic mass is 10.2. The normalized spacial score (nSPS) is 12.7. The molecule has 12 heteroatoms. The van der Waals surface area contributed by atoms with Crippen molar-refractivity contribution in [2.24, 2.45) is 0 Å². The molecule has 0 bridgehead atoms. The molecule has 2 heterocycles. The van der Waals surface area contributed by atoms with Crippen molar-refractivity contribution in [1.29, 1.82) is 0 Å². The lowest BCUT2D eigenvalue weighted by Gasteiger charge is -2.12. The number of nitrogens with one attached hydrogen (secondary N) is 2. The first-order valence-corrected chi connectivity index (χ1v) is 9.02. The standard InChI is InChI=1S/C13H6ClF5N2O2S2/c14-11-1-5-10(4-20-12(5)24-11)25(22,23)21-9-3-7(15)6(2-8(9)16)13(17,18)19/h1-4,20-21H. The number of sulfonamides is 1. The highest BCUT2D eigenvalue weighted by molar-refractivity contribution is 7.93. The van der Waals surface area contributed by atoms with Crippen molar-refractivity contribution >= 4 is 48.9 Å². The van der Waals surface area contributed by atoms with Crippen molar-refractivity contribution in [3.05, 3.63) is 45.9 Å². The van der Waals surface area contributed by atoms with Gasteiger partial charge in [0.1, 0.15) is 21.4 Å². The lowest BCUT2D eigenvalue weighted by molar-refractivity contribution is -0.140. The van der Waals surface area contributed by atoms with Crippen LogP contribution in [0.1, 0.15) is 5.56 Å². The molecule has 0 aliphatic carbocycles. The maximum absolute atomic E-state index is 13.8. The van der Waals surface area contributed by atoms with Crippen LogP contribution < -0.4 is 4.72 Å². The zero-order chi connectivity index (χ0) is 18.6. The van der Waals surface area contributed by atoms with Gasteiger partial charge in [0, 0.05) is 17.6 Å². The van der Waals surface area contributed by atoms with Gasteiger partial charge in [-0.2, -0.15) is 13.2 Å². The number of aromatic nitrogens is 1. The molecule has 1 aromatic carbocycles. The molecule has 0 radical (unpaired) electrons. The average Bonchev–Trinajstić information content (AvgIpc) is 2.99. The largest absolute Gasteiger partial charge is 0.419 e. The van der Waals surface area contributed by atoms with Crippen LogP contribution in [0.3, 0.4) is 0 Å². The van der Waals surface area contributed by atoms with Crippen LogP contribution in [0.5, 0.6) is 0 Å². The van der Waals surface area contributed by atoms with Crippen LogP contribution in [0.15, 0.2) is 29.3 Å². The summed E-state index contributed by atoms with van der Waals surface area (Å²) >= 11 is 6.84. The number of benzene rings is 1. The summed E-state index contributed by atoms with van der Waals surface area (Å²) in [5.41, 5.74) is -2.78. The van der Waals surface area contributed by atoms with E-state index in [2.05, 4.69) is 4.98 Å². The SMILES string of the molecule is O=S(=O)(Nc1cc(F)c(C(F)(F)F)cc1F)c1c[nH]c2sc(Cl)cc12. The average molecular weight is 417 g/mol. The molecule has 2 N–H and O–H groups in total. The molecule has 0 aliphatic heterocycles. The summed E-state index contributed by atoms with van der Waals surface area (Å²) < 4.78 is 91.7. The number of hydrogen-bond donors (Lipinski definition) is 2. The minimum absolute atomic E-state index is 0.110. The predicted octanol–water partition coefficient (Wildman–Crippen LogP) is 4.98. The van der Waals surface area contributed by atoms with E-state index in [1.807, 2.05) is 0 Å². The molecule has 0 atom stereocenters. The first-order chi connectivity index (χ1) is 11.5. The van der Waals surface area contributed by atoms with Gasteiger partial charge in [0.05, 0.1) is 15.6 Å². The third kappa shape index (κ3) is 3.31. The Hall–Kier alpha value is -1.85. The van der Waals surface area contributed by atoms with Crippen LogP contribution in [-0.4, -0.2) is 13.4 Å². The second kappa shape index (κ2) is 5.85. The molecular formula is C13H6ClF5N2O2S2. The van der Waals surface area contributed by atoms with Crippen LogP contribution in [0, 0.1) is 11.6 Å². The van der Waals surface area contributed by atoms with Gasteiger partial charge < -0.3 is 4.98 Å². The summed E-state index contributed by atoms with van der Waals surface area (Å²) in [7, 11) is -4.39. The molecule has 134 valence electrons. The molecule has 2 aromatic heterocycles. The molecular weight excluding hydrogens is 411 g/mol. The van der Waals surface area contributed by atoms with E-state index in [1.54, 1.807) is 4.72 Å². The number of thiophene rings is 1. The molecule has 25 heavy (non-hydrogen) atoms. The van der Waals surface area contributed by atoms with E-state index in [-0.39, 0.29) is 22.4 Å². The Bertz CT molecular complexity index is 1070. The van der Waals surface area contributed by atoms with Gasteiger partial charge in [0.25, 0.3) is 10.0 Å². The summed E-state index contributed by atoms with van der Waals surface area (Å²) in [6.45, 7) is 0. The number of rotatable bonds is 3. The molecule has 0 aliphatic rings. The van der Waals surface area contributed by atoms with Gasteiger partial charge in [0.15, 0.2) is 0 Å². The van der Waals surface area contributed by atoms with Gasteiger partial charge in [-0.15, -0.1) is 11.3 Å². The Labute approximate surface area is 146 Å². The van der Waals surface area contributed by atoms with Gasteiger partial charge in [-0.1, -0.05) is 11.6 Å². The highest BCUT2D eigenvalue weighted by atomic mass is 35.5. The molecule has 0 amide bonds. The predicted molar refractivity (Wildman–Crippen MR) is 83.4 cm³/mol. The third-order valence-electron chi connectivity index (χ3n) is 3.20. The van der Waals surface area contributed by atoms with Gasteiger partial charge in [0.2, 0.25) is 0 Å². The van der Waals surface area contributed by atoms with Gasteiger partial charge in [-0.25, -0.2) is 17.2 Å². The van der Waals surface area contributed by atoms with E-state index in [1.165, 1.54) is 6.07 Å². The van der Waals surface area contributed by atoms with Crippen molar-refractivity contribution in [2.75, 3.05) is 4.72 Å². The zero-order valence-electron chi connectivity index (χ0n) is 11.7. The topological polar surface area (TPSA) is 62.0 Å². The molecule has 3 rings (SSSR count).